The lowest BCUT2D eigenvalue weighted by molar-refractivity contribution is 0.0627. The number of pyridine rings is 1. The number of rotatable bonds is 5. The minimum Gasteiger partial charge on any atom is -0.473 e. The molecule has 1 atom stereocenters. The van der Waals surface area contributed by atoms with Crippen molar-refractivity contribution in [3.63, 3.8) is 0 Å². The van der Waals surface area contributed by atoms with Gasteiger partial charge >= 0.3 is 0 Å². The molecule has 6 heteroatoms. The molecule has 0 aliphatic carbocycles. The first-order valence-corrected chi connectivity index (χ1v) is 10.7. The van der Waals surface area contributed by atoms with E-state index >= 15 is 0 Å². The van der Waals surface area contributed by atoms with Crippen LogP contribution in [0.2, 0.25) is 0 Å². The van der Waals surface area contributed by atoms with Crippen LogP contribution in [0, 0.1) is 0 Å². The molecule has 0 radical (unpaired) electrons. The van der Waals surface area contributed by atoms with E-state index in [0.717, 1.165) is 50.7 Å². The summed E-state index contributed by atoms with van der Waals surface area (Å²) in [6.07, 6.45) is 2.94. The van der Waals surface area contributed by atoms with Crippen LogP contribution in [0.1, 0.15) is 22.3 Å². The van der Waals surface area contributed by atoms with Gasteiger partial charge in [0.05, 0.1) is 0 Å². The molecule has 0 N–H and O–H groups in total. The third-order valence-electron chi connectivity index (χ3n) is 5.07. The molecule has 2 fully saturated rings. The van der Waals surface area contributed by atoms with Crippen molar-refractivity contribution in [2.75, 3.05) is 37.7 Å². The lowest BCUT2D eigenvalue weighted by Gasteiger charge is -2.34. The number of carbonyl (C=O) groups is 1. The van der Waals surface area contributed by atoms with Crippen LogP contribution in [0.3, 0.4) is 0 Å². The van der Waals surface area contributed by atoms with Crippen LogP contribution in [-0.2, 0) is 6.54 Å². The van der Waals surface area contributed by atoms with Crippen LogP contribution in [0.5, 0.6) is 5.88 Å². The molecule has 3 heterocycles. The van der Waals surface area contributed by atoms with Gasteiger partial charge in [0, 0.05) is 56.3 Å². The van der Waals surface area contributed by atoms with Crippen molar-refractivity contribution in [2.24, 2.45) is 0 Å². The molecule has 2 aliphatic rings. The molecular weight excluding hydrogens is 358 g/mol. The smallest absolute Gasteiger partial charge is 0.254 e. The largest absolute Gasteiger partial charge is 0.473 e. The second-order valence-electron chi connectivity index (χ2n) is 7.04. The molecule has 2 aromatic rings. The van der Waals surface area contributed by atoms with Gasteiger partial charge < -0.3 is 9.64 Å². The number of thioether (sulfide) groups is 1. The third-order valence-corrected chi connectivity index (χ3v) is 6.20. The second-order valence-corrected chi connectivity index (χ2v) is 8.19. The Morgan fingerprint density at radius 2 is 1.96 bits per heavy atom. The Balaban J connectivity index is 1.32. The number of hydrogen-bond acceptors (Lipinski definition) is 5. The van der Waals surface area contributed by atoms with Crippen LogP contribution in [0.25, 0.3) is 0 Å². The van der Waals surface area contributed by atoms with Crippen molar-refractivity contribution in [3.05, 3.63) is 59.8 Å². The molecule has 27 heavy (non-hydrogen) atoms. The minimum absolute atomic E-state index is 0.0717. The summed E-state index contributed by atoms with van der Waals surface area (Å²) in [5.41, 5.74) is 1.99. The van der Waals surface area contributed by atoms with Crippen molar-refractivity contribution >= 4 is 17.7 Å². The van der Waals surface area contributed by atoms with Crippen molar-refractivity contribution in [3.8, 4) is 5.88 Å². The zero-order valence-electron chi connectivity index (χ0n) is 15.4. The molecular formula is C21H25N3O2S. The van der Waals surface area contributed by atoms with Gasteiger partial charge in [-0.05, 0) is 23.8 Å². The molecule has 0 bridgehead atoms. The Morgan fingerprint density at radius 3 is 2.70 bits per heavy atom. The van der Waals surface area contributed by atoms with Crippen molar-refractivity contribution in [1.82, 2.24) is 14.8 Å². The van der Waals surface area contributed by atoms with Gasteiger partial charge in [-0.1, -0.05) is 30.3 Å². The van der Waals surface area contributed by atoms with Gasteiger partial charge in [-0.3, -0.25) is 9.69 Å². The summed E-state index contributed by atoms with van der Waals surface area (Å²) in [5, 5.41) is 0. The molecule has 1 aromatic heterocycles. The Kier molecular flexibility index (Phi) is 5.94. The maximum atomic E-state index is 12.9. The average molecular weight is 384 g/mol. The Bertz CT molecular complexity index is 757. The third kappa shape index (κ3) is 4.82. The number of nitrogens with zero attached hydrogens (tertiary/aromatic N) is 3. The summed E-state index contributed by atoms with van der Waals surface area (Å²) in [5.74, 6) is 2.78. The van der Waals surface area contributed by atoms with E-state index < -0.39 is 0 Å². The molecule has 1 aromatic carbocycles. The highest BCUT2D eigenvalue weighted by Crippen LogP contribution is 2.23. The van der Waals surface area contributed by atoms with E-state index in [2.05, 4.69) is 34.1 Å². The van der Waals surface area contributed by atoms with Crippen molar-refractivity contribution in [1.29, 1.82) is 0 Å². The summed E-state index contributed by atoms with van der Waals surface area (Å²) in [6, 6.07) is 14.1. The number of carbonyl (C=O) groups excluding carboxylic acids is 1. The lowest BCUT2D eigenvalue weighted by atomic mass is 10.2. The molecule has 0 saturated carbocycles. The van der Waals surface area contributed by atoms with Crippen LogP contribution in [0.4, 0.5) is 0 Å². The van der Waals surface area contributed by atoms with E-state index in [9.17, 15) is 4.79 Å². The Labute approximate surface area is 164 Å². The zero-order chi connectivity index (χ0) is 18.5. The monoisotopic (exact) mass is 383 g/mol. The Hall–Kier alpha value is -2.05. The fraction of sp³-hybridized carbons (Fsp3) is 0.429. The normalized spacial score (nSPS) is 20.6. The van der Waals surface area contributed by atoms with Gasteiger partial charge in [0.15, 0.2) is 0 Å². The van der Waals surface area contributed by atoms with Gasteiger partial charge in [-0.25, -0.2) is 4.98 Å². The Morgan fingerprint density at radius 1 is 1.15 bits per heavy atom. The minimum atomic E-state index is 0.0717. The van der Waals surface area contributed by atoms with Crippen LogP contribution in [0.15, 0.2) is 48.7 Å². The molecule has 142 valence electrons. The molecule has 1 amide bonds. The van der Waals surface area contributed by atoms with E-state index in [4.69, 9.17) is 4.74 Å². The van der Waals surface area contributed by atoms with Crippen molar-refractivity contribution in [2.45, 2.75) is 19.1 Å². The quantitative estimate of drug-likeness (QED) is 0.794. The first kappa shape index (κ1) is 18.3. The van der Waals surface area contributed by atoms with Gasteiger partial charge in [0.25, 0.3) is 5.91 Å². The van der Waals surface area contributed by atoms with E-state index in [0.29, 0.717) is 11.4 Å². The van der Waals surface area contributed by atoms with Gasteiger partial charge in [0.2, 0.25) is 5.88 Å². The molecule has 4 rings (SSSR count). The standard InChI is InChI=1S/C21H25N3O2S/c25-21(18-6-8-22-20(14-18)26-19-7-13-27-16-19)24-11-9-23(10-12-24)15-17-4-2-1-3-5-17/h1-6,8,14,19H,7,9-13,15-16H2. The molecule has 2 saturated heterocycles. The first-order valence-electron chi connectivity index (χ1n) is 9.54. The van der Waals surface area contributed by atoms with E-state index in [1.54, 1.807) is 18.3 Å². The maximum Gasteiger partial charge on any atom is 0.254 e. The zero-order valence-corrected chi connectivity index (χ0v) is 16.2. The van der Waals surface area contributed by atoms with Crippen LogP contribution >= 0.6 is 11.8 Å². The number of benzene rings is 1. The fourth-order valence-corrected chi connectivity index (χ4v) is 4.61. The maximum absolute atomic E-state index is 12.9. The lowest BCUT2D eigenvalue weighted by Crippen LogP contribution is -2.48. The molecule has 2 aliphatic heterocycles. The first-order chi connectivity index (χ1) is 13.3. The van der Waals surface area contributed by atoms with Gasteiger partial charge in [-0.2, -0.15) is 11.8 Å². The van der Waals surface area contributed by atoms with Gasteiger partial charge in [0.1, 0.15) is 6.10 Å². The van der Waals surface area contributed by atoms with Gasteiger partial charge in [-0.15, -0.1) is 0 Å². The summed E-state index contributed by atoms with van der Waals surface area (Å²) in [6.45, 7) is 4.24. The van der Waals surface area contributed by atoms with E-state index in [1.165, 1.54) is 5.56 Å². The summed E-state index contributed by atoms with van der Waals surface area (Å²) >= 11 is 1.90. The summed E-state index contributed by atoms with van der Waals surface area (Å²) in [4.78, 5) is 21.5. The van der Waals surface area contributed by atoms with Crippen molar-refractivity contribution < 1.29 is 9.53 Å². The SMILES string of the molecule is O=C(c1ccnc(OC2CCSC2)c1)N1CCN(Cc2ccccc2)CC1. The molecule has 5 nitrogen and oxygen atoms in total. The van der Waals surface area contributed by atoms with E-state index in [-0.39, 0.29) is 12.0 Å². The summed E-state index contributed by atoms with van der Waals surface area (Å²) < 4.78 is 5.93. The fourth-order valence-electron chi connectivity index (χ4n) is 3.52. The van der Waals surface area contributed by atoms with Crippen LogP contribution in [-0.4, -0.2) is 64.5 Å². The average Bonchev–Trinajstić information content (AvgIpc) is 3.22. The number of ether oxygens (including phenoxy) is 1. The number of hydrogen-bond donors (Lipinski definition) is 0. The highest BCUT2D eigenvalue weighted by atomic mass is 32.2. The highest BCUT2D eigenvalue weighted by Gasteiger charge is 2.23. The van der Waals surface area contributed by atoms with E-state index in [1.807, 2.05) is 22.7 Å². The predicted molar refractivity (Wildman–Crippen MR) is 108 cm³/mol. The predicted octanol–water partition coefficient (Wildman–Crippen LogP) is 2.92. The molecule has 0 spiro atoms. The topological polar surface area (TPSA) is 45.7 Å². The highest BCUT2D eigenvalue weighted by molar-refractivity contribution is 7.99. The number of piperazine rings is 1. The second kappa shape index (κ2) is 8.76. The molecule has 1 unspecified atom stereocenters. The van der Waals surface area contributed by atoms with Crippen LogP contribution < -0.4 is 4.74 Å². The summed E-state index contributed by atoms with van der Waals surface area (Å²) in [7, 11) is 0. The number of aromatic nitrogens is 1. The number of amides is 1.